The van der Waals surface area contributed by atoms with Crippen LogP contribution in [-0.4, -0.2) is 19.6 Å². The van der Waals surface area contributed by atoms with E-state index < -0.39 is 0 Å². The van der Waals surface area contributed by atoms with E-state index in [9.17, 15) is 4.79 Å². The highest BCUT2D eigenvalue weighted by atomic mass is 79.9. The molecule has 0 heterocycles. The molecular formula is C15H20BrNO2. The molecular weight excluding hydrogens is 306 g/mol. The minimum atomic E-state index is -0.0590. The van der Waals surface area contributed by atoms with Gasteiger partial charge in [0, 0.05) is 11.0 Å². The molecule has 104 valence electrons. The molecule has 1 N–H and O–H groups in total. The first-order chi connectivity index (χ1) is 8.98. The molecule has 0 atom stereocenters. The van der Waals surface area contributed by atoms with Gasteiger partial charge in [0.25, 0.3) is 5.91 Å². The molecule has 1 aromatic rings. The molecule has 4 heteroatoms. The fourth-order valence-corrected chi connectivity index (χ4v) is 2.66. The van der Waals surface area contributed by atoms with E-state index in [0.717, 1.165) is 11.0 Å². The zero-order valence-electron chi connectivity index (χ0n) is 11.6. The molecule has 0 saturated heterocycles. The number of ether oxygens (including phenoxy) is 1. The van der Waals surface area contributed by atoms with Gasteiger partial charge < -0.3 is 10.1 Å². The van der Waals surface area contributed by atoms with E-state index in [1.165, 1.54) is 12.8 Å². The first-order valence-corrected chi connectivity index (χ1v) is 7.39. The van der Waals surface area contributed by atoms with Crippen molar-refractivity contribution >= 4 is 21.8 Å². The fraction of sp³-hybridized carbons (Fsp3) is 0.533. The molecule has 3 nitrogen and oxygen atoms in total. The number of halogens is 1. The van der Waals surface area contributed by atoms with E-state index in [1.807, 2.05) is 12.1 Å². The quantitative estimate of drug-likeness (QED) is 0.897. The number of nitrogens with one attached hydrogen (secondary N) is 1. The number of benzene rings is 1. The Bertz CT molecular complexity index is 481. The van der Waals surface area contributed by atoms with Crippen LogP contribution in [0.3, 0.4) is 0 Å². The van der Waals surface area contributed by atoms with Crippen LogP contribution >= 0.6 is 15.9 Å². The zero-order chi connectivity index (χ0) is 14.0. The average molecular weight is 326 g/mol. The molecule has 0 bridgehead atoms. The SMILES string of the molecule is COc1cc(Br)ccc1C(=O)NCC1(C(C)C)CC1. The van der Waals surface area contributed by atoms with Crippen molar-refractivity contribution in [2.45, 2.75) is 26.7 Å². The number of carbonyl (C=O) groups excluding carboxylic acids is 1. The highest BCUT2D eigenvalue weighted by molar-refractivity contribution is 9.10. The lowest BCUT2D eigenvalue weighted by atomic mass is 9.92. The molecule has 0 spiro atoms. The second-order valence-electron chi connectivity index (χ2n) is 5.54. The van der Waals surface area contributed by atoms with Gasteiger partial charge in [-0.1, -0.05) is 29.8 Å². The van der Waals surface area contributed by atoms with Crippen LogP contribution in [0, 0.1) is 11.3 Å². The van der Waals surface area contributed by atoms with Crippen LogP contribution in [0.25, 0.3) is 0 Å². The van der Waals surface area contributed by atoms with Crippen molar-refractivity contribution in [3.8, 4) is 5.75 Å². The predicted molar refractivity (Wildman–Crippen MR) is 79.5 cm³/mol. The molecule has 1 aromatic carbocycles. The Morgan fingerprint density at radius 3 is 2.68 bits per heavy atom. The normalized spacial score (nSPS) is 16.3. The maximum atomic E-state index is 12.2. The van der Waals surface area contributed by atoms with Crippen molar-refractivity contribution in [3.05, 3.63) is 28.2 Å². The molecule has 1 saturated carbocycles. The number of amides is 1. The highest BCUT2D eigenvalue weighted by Gasteiger charge is 2.45. The smallest absolute Gasteiger partial charge is 0.255 e. The predicted octanol–water partition coefficient (Wildman–Crippen LogP) is 3.62. The van der Waals surface area contributed by atoms with Crippen LogP contribution < -0.4 is 10.1 Å². The third kappa shape index (κ3) is 3.11. The summed E-state index contributed by atoms with van der Waals surface area (Å²) in [5.74, 6) is 1.15. The van der Waals surface area contributed by atoms with Gasteiger partial charge in [-0.25, -0.2) is 0 Å². The summed E-state index contributed by atoms with van der Waals surface area (Å²) in [6.45, 7) is 5.20. The Hall–Kier alpha value is -1.03. The van der Waals surface area contributed by atoms with Crippen molar-refractivity contribution in [3.63, 3.8) is 0 Å². The van der Waals surface area contributed by atoms with Gasteiger partial charge in [-0.2, -0.15) is 0 Å². The lowest BCUT2D eigenvalue weighted by molar-refractivity contribution is 0.0936. The van der Waals surface area contributed by atoms with Gasteiger partial charge in [0.1, 0.15) is 5.75 Å². The van der Waals surface area contributed by atoms with E-state index in [2.05, 4.69) is 35.1 Å². The first kappa shape index (κ1) is 14.4. The number of hydrogen-bond acceptors (Lipinski definition) is 2. The van der Waals surface area contributed by atoms with E-state index >= 15 is 0 Å². The Balaban J connectivity index is 2.04. The lowest BCUT2D eigenvalue weighted by Gasteiger charge is -2.20. The minimum absolute atomic E-state index is 0.0590. The van der Waals surface area contributed by atoms with Crippen molar-refractivity contribution < 1.29 is 9.53 Å². The average Bonchev–Trinajstić information content (AvgIpc) is 3.17. The zero-order valence-corrected chi connectivity index (χ0v) is 13.2. The maximum absolute atomic E-state index is 12.2. The molecule has 1 amide bonds. The molecule has 19 heavy (non-hydrogen) atoms. The Labute approximate surface area is 122 Å². The minimum Gasteiger partial charge on any atom is -0.496 e. The summed E-state index contributed by atoms with van der Waals surface area (Å²) in [6.07, 6.45) is 2.42. The largest absolute Gasteiger partial charge is 0.496 e. The van der Waals surface area contributed by atoms with Gasteiger partial charge in [0.2, 0.25) is 0 Å². The molecule has 1 aliphatic rings. The summed E-state index contributed by atoms with van der Waals surface area (Å²) in [7, 11) is 1.58. The second-order valence-corrected chi connectivity index (χ2v) is 6.46. The van der Waals surface area contributed by atoms with Crippen molar-refractivity contribution in [2.24, 2.45) is 11.3 Å². The Kier molecular flexibility index (Phi) is 4.19. The third-order valence-electron chi connectivity index (χ3n) is 4.13. The van der Waals surface area contributed by atoms with E-state index in [0.29, 0.717) is 22.6 Å². The molecule has 0 unspecified atom stereocenters. The van der Waals surface area contributed by atoms with Gasteiger partial charge in [-0.05, 0) is 42.4 Å². The lowest BCUT2D eigenvalue weighted by Crippen LogP contribution is -2.32. The summed E-state index contributed by atoms with van der Waals surface area (Å²) in [5.41, 5.74) is 0.906. The Morgan fingerprint density at radius 1 is 1.47 bits per heavy atom. The fourth-order valence-electron chi connectivity index (χ4n) is 2.32. The van der Waals surface area contributed by atoms with Gasteiger partial charge in [0.05, 0.1) is 12.7 Å². The Morgan fingerprint density at radius 2 is 2.16 bits per heavy atom. The van der Waals surface area contributed by atoms with E-state index in [-0.39, 0.29) is 5.91 Å². The standard InChI is InChI=1S/C15H20BrNO2/c1-10(2)15(6-7-15)9-17-14(18)12-5-4-11(16)8-13(12)19-3/h4-5,8,10H,6-7,9H2,1-3H3,(H,17,18). The number of rotatable bonds is 5. The van der Waals surface area contributed by atoms with Gasteiger partial charge in [-0.3, -0.25) is 4.79 Å². The highest BCUT2D eigenvalue weighted by Crippen LogP contribution is 2.51. The van der Waals surface area contributed by atoms with Crippen molar-refractivity contribution in [1.82, 2.24) is 5.32 Å². The summed E-state index contributed by atoms with van der Waals surface area (Å²) >= 11 is 3.37. The van der Waals surface area contributed by atoms with Gasteiger partial charge in [0.15, 0.2) is 0 Å². The van der Waals surface area contributed by atoms with Crippen LogP contribution in [0.4, 0.5) is 0 Å². The van der Waals surface area contributed by atoms with Crippen LogP contribution in [0.1, 0.15) is 37.0 Å². The second kappa shape index (κ2) is 5.53. The maximum Gasteiger partial charge on any atom is 0.255 e. The molecule has 0 aromatic heterocycles. The molecule has 2 rings (SSSR count). The summed E-state index contributed by atoms with van der Waals surface area (Å²) < 4.78 is 6.16. The molecule has 1 fully saturated rings. The topological polar surface area (TPSA) is 38.3 Å². The van der Waals surface area contributed by atoms with Crippen LogP contribution in [0.2, 0.25) is 0 Å². The van der Waals surface area contributed by atoms with Crippen molar-refractivity contribution in [2.75, 3.05) is 13.7 Å². The molecule has 1 aliphatic carbocycles. The number of hydrogen-bond donors (Lipinski definition) is 1. The monoisotopic (exact) mass is 325 g/mol. The van der Waals surface area contributed by atoms with E-state index in [4.69, 9.17) is 4.74 Å². The van der Waals surface area contributed by atoms with Gasteiger partial charge in [-0.15, -0.1) is 0 Å². The van der Waals surface area contributed by atoms with Crippen LogP contribution in [0.5, 0.6) is 5.75 Å². The van der Waals surface area contributed by atoms with Crippen molar-refractivity contribution in [1.29, 1.82) is 0 Å². The summed E-state index contributed by atoms with van der Waals surface area (Å²) in [6, 6.07) is 5.45. The number of methoxy groups -OCH3 is 1. The summed E-state index contributed by atoms with van der Waals surface area (Å²) in [5, 5.41) is 3.04. The molecule has 0 aliphatic heterocycles. The number of carbonyl (C=O) groups is 1. The first-order valence-electron chi connectivity index (χ1n) is 6.60. The van der Waals surface area contributed by atoms with Crippen LogP contribution in [0.15, 0.2) is 22.7 Å². The summed E-state index contributed by atoms with van der Waals surface area (Å²) in [4.78, 5) is 12.2. The third-order valence-corrected chi connectivity index (χ3v) is 4.62. The van der Waals surface area contributed by atoms with Gasteiger partial charge >= 0.3 is 0 Å². The van der Waals surface area contributed by atoms with Crippen LogP contribution in [-0.2, 0) is 0 Å². The van der Waals surface area contributed by atoms with E-state index in [1.54, 1.807) is 13.2 Å². The molecule has 0 radical (unpaired) electrons.